The van der Waals surface area contributed by atoms with Gasteiger partial charge in [-0.15, -0.1) is 5.10 Å². The summed E-state index contributed by atoms with van der Waals surface area (Å²) in [7, 11) is 0. The minimum absolute atomic E-state index is 0.0296. The zero-order chi connectivity index (χ0) is 28.2. The summed E-state index contributed by atoms with van der Waals surface area (Å²) in [6.45, 7) is 3.75. The van der Waals surface area contributed by atoms with Gasteiger partial charge < -0.3 is 24.7 Å². The van der Waals surface area contributed by atoms with Gasteiger partial charge in [0.15, 0.2) is 5.82 Å². The number of nitrogens with one attached hydrogen (secondary N) is 2. The first-order valence-corrected chi connectivity index (χ1v) is 13.3. The molecule has 1 atom stereocenters. The second-order valence-corrected chi connectivity index (χ2v) is 10.5. The molecule has 3 aliphatic heterocycles. The van der Waals surface area contributed by atoms with Gasteiger partial charge in [0, 0.05) is 0 Å². The first-order chi connectivity index (χ1) is 19.1. The fourth-order valence-electron chi connectivity index (χ4n) is 5.72. The average molecular weight is 579 g/mol. The first kappa shape index (κ1) is 26.9. The minimum Gasteiger partial charge on any atom is -0.377 e. The molecule has 0 bridgehead atoms. The Morgan fingerprint density at radius 1 is 1.30 bits per heavy atom. The molecular formula is C26H26ClF3N6O4. The van der Waals surface area contributed by atoms with Gasteiger partial charge in [0.25, 0.3) is 5.56 Å². The predicted molar refractivity (Wildman–Crippen MR) is 139 cm³/mol. The Balaban J connectivity index is 1.44. The lowest BCUT2D eigenvalue weighted by Crippen LogP contribution is -2.43. The monoisotopic (exact) mass is 578 g/mol. The second-order valence-electron chi connectivity index (χ2n) is 10.1. The number of hydrogen-bond acceptors (Lipinski definition) is 7. The Kier molecular flexibility index (Phi) is 6.72. The molecule has 2 N–H and O–H groups in total. The number of aromatic nitrogens is 4. The topological polar surface area (TPSA) is 112 Å². The van der Waals surface area contributed by atoms with Crippen LogP contribution in [0.15, 0.2) is 29.1 Å². The van der Waals surface area contributed by atoms with E-state index in [4.69, 9.17) is 21.1 Å². The van der Waals surface area contributed by atoms with E-state index >= 15 is 0 Å². The lowest BCUT2D eigenvalue weighted by molar-refractivity contribution is -0.137. The van der Waals surface area contributed by atoms with Crippen molar-refractivity contribution in [3.8, 4) is 0 Å². The highest BCUT2D eigenvalue weighted by atomic mass is 35.5. The Hall–Kier alpha value is -3.26. The zero-order valence-corrected chi connectivity index (χ0v) is 22.2. The number of halogens is 4. The summed E-state index contributed by atoms with van der Waals surface area (Å²) in [6, 6.07) is 2.71. The largest absolute Gasteiger partial charge is 0.416 e. The van der Waals surface area contributed by atoms with E-state index in [1.807, 2.05) is 13.0 Å². The van der Waals surface area contributed by atoms with Crippen LogP contribution < -0.4 is 16.2 Å². The van der Waals surface area contributed by atoms with Crippen LogP contribution in [-0.2, 0) is 32.6 Å². The third-order valence-electron chi connectivity index (χ3n) is 7.56. The van der Waals surface area contributed by atoms with Crippen molar-refractivity contribution in [2.24, 2.45) is 0 Å². The molecule has 2 aromatic heterocycles. The van der Waals surface area contributed by atoms with E-state index in [0.717, 1.165) is 23.8 Å². The lowest BCUT2D eigenvalue weighted by Gasteiger charge is -2.33. The van der Waals surface area contributed by atoms with Gasteiger partial charge in [0.05, 0.1) is 46.8 Å². The molecule has 5 heterocycles. The maximum atomic E-state index is 13.9. The molecule has 1 fully saturated rings. The number of nitrogens with zero attached hydrogens (tertiary/aromatic N) is 4. The van der Waals surface area contributed by atoms with Gasteiger partial charge in [-0.05, 0) is 63.0 Å². The van der Waals surface area contributed by atoms with E-state index in [1.54, 1.807) is 4.57 Å². The van der Waals surface area contributed by atoms with Gasteiger partial charge in [-0.1, -0.05) is 17.7 Å². The van der Waals surface area contributed by atoms with Crippen LogP contribution >= 0.6 is 11.6 Å². The molecule has 1 spiro atoms. The van der Waals surface area contributed by atoms with Gasteiger partial charge in [-0.2, -0.15) is 22.7 Å². The maximum Gasteiger partial charge on any atom is 0.416 e. The molecule has 0 aliphatic carbocycles. The summed E-state index contributed by atoms with van der Waals surface area (Å²) in [6.07, 6.45) is -1.51. The molecule has 1 aromatic carbocycles. The van der Waals surface area contributed by atoms with E-state index in [2.05, 4.69) is 20.7 Å². The molecule has 14 heteroatoms. The molecule has 1 unspecified atom stereocenters. The number of anilines is 1. The quantitative estimate of drug-likeness (QED) is 0.486. The van der Waals surface area contributed by atoms with Crippen molar-refractivity contribution < 1.29 is 27.4 Å². The van der Waals surface area contributed by atoms with Crippen LogP contribution in [0, 0.1) is 0 Å². The Morgan fingerprint density at radius 2 is 2.08 bits per heavy atom. The third kappa shape index (κ3) is 4.60. The van der Waals surface area contributed by atoms with Crippen LogP contribution in [0.25, 0.3) is 11.4 Å². The van der Waals surface area contributed by atoms with Gasteiger partial charge in [-0.25, -0.2) is 0 Å². The smallest absolute Gasteiger partial charge is 0.377 e. The van der Waals surface area contributed by atoms with Gasteiger partial charge in [0.2, 0.25) is 11.7 Å². The Bertz CT molecular complexity index is 1590. The van der Waals surface area contributed by atoms with Gasteiger partial charge in [-0.3, -0.25) is 9.59 Å². The van der Waals surface area contributed by atoms with E-state index in [0.29, 0.717) is 62.6 Å². The number of carbonyl (C=O) groups is 1. The van der Waals surface area contributed by atoms with Crippen molar-refractivity contribution in [2.75, 3.05) is 31.6 Å². The van der Waals surface area contributed by atoms with Crippen LogP contribution in [-0.4, -0.2) is 51.4 Å². The number of piperidine rings is 1. The number of hydrogen-bond donors (Lipinski definition) is 2. The highest BCUT2D eigenvalue weighted by molar-refractivity contribution is 6.33. The van der Waals surface area contributed by atoms with Crippen LogP contribution in [0.1, 0.15) is 54.9 Å². The summed E-state index contributed by atoms with van der Waals surface area (Å²) >= 11 is 6.07. The lowest BCUT2D eigenvalue weighted by atomic mass is 9.86. The average Bonchev–Trinajstić information content (AvgIpc) is 3.48. The summed E-state index contributed by atoms with van der Waals surface area (Å²) in [4.78, 5) is 31.9. The molecule has 0 saturated carbocycles. The first-order valence-electron chi connectivity index (χ1n) is 12.9. The SMILES string of the molecule is CC1OC2(CCNCC2)c2c1n(CC(=O)Nc1ccc(C(F)(F)F)cc1Cl)c1nc(C3=CCOCC3)nn1c2=O. The van der Waals surface area contributed by atoms with Crippen molar-refractivity contribution in [3.63, 3.8) is 0 Å². The fraction of sp³-hybridized carbons (Fsp3) is 0.462. The number of alkyl halides is 3. The Morgan fingerprint density at radius 3 is 2.75 bits per heavy atom. The normalized spacial score (nSPS) is 20.5. The Labute approximate surface area is 231 Å². The molecule has 1 amide bonds. The van der Waals surface area contributed by atoms with Gasteiger partial charge >= 0.3 is 6.18 Å². The predicted octanol–water partition coefficient (Wildman–Crippen LogP) is 3.68. The highest BCUT2D eigenvalue weighted by Crippen LogP contribution is 2.47. The molecular weight excluding hydrogens is 553 g/mol. The molecule has 6 rings (SSSR count). The molecule has 3 aromatic rings. The van der Waals surface area contributed by atoms with Crippen molar-refractivity contribution in [3.05, 3.63) is 62.3 Å². The molecule has 40 heavy (non-hydrogen) atoms. The van der Waals surface area contributed by atoms with Crippen LogP contribution in [0.5, 0.6) is 0 Å². The molecule has 3 aliphatic rings. The van der Waals surface area contributed by atoms with Gasteiger partial charge in [0.1, 0.15) is 12.1 Å². The number of benzene rings is 1. The minimum atomic E-state index is -4.57. The molecule has 212 valence electrons. The van der Waals surface area contributed by atoms with Crippen LogP contribution in [0.2, 0.25) is 5.02 Å². The van der Waals surface area contributed by atoms with Crippen molar-refractivity contribution in [2.45, 2.75) is 50.6 Å². The van der Waals surface area contributed by atoms with Crippen molar-refractivity contribution in [1.82, 2.24) is 24.5 Å². The standard InChI is InChI=1S/C26H26ClF3N6O4/c1-14-21-20(25(40-14)6-8-31-9-7-25)23(38)36-24(33-22(34-36)15-4-10-39-11-5-15)35(21)13-19(37)32-18-3-2-16(12-17(18)27)26(28,29)30/h2-4,12,14,31H,5-11,13H2,1H3,(H,32,37). The fourth-order valence-corrected chi connectivity index (χ4v) is 5.95. The summed E-state index contributed by atoms with van der Waals surface area (Å²) < 4.78 is 53.8. The van der Waals surface area contributed by atoms with Crippen molar-refractivity contribution >= 4 is 34.5 Å². The van der Waals surface area contributed by atoms with Crippen LogP contribution in [0.4, 0.5) is 18.9 Å². The summed E-state index contributed by atoms with van der Waals surface area (Å²) in [5, 5.41) is 10.2. The number of carbonyl (C=O) groups excluding carboxylic acids is 1. The number of amides is 1. The van der Waals surface area contributed by atoms with Crippen LogP contribution in [0.3, 0.4) is 0 Å². The van der Waals surface area contributed by atoms with E-state index < -0.39 is 29.4 Å². The number of ether oxygens (including phenoxy) is 2. The van der Waals surface area contributed by atoms with E-state index in [9.17, 15) is 22.8 Å². The second kappa shape index (κ2) is 9.98. The van der Waals surface area contributed by atoms with E-state index in [-0.39, 0.29) is 28.6 Å². The third-order valence-corrected chi connectivity index (χ3v) is 7.87. The van der Waals surface area contributed by atoms with Crippen molar-refractivity contribution in [1.29, 1.82) is 0 Å². The maximum absolute atomic E-state index is 13.9. The summed E-state index contributed by atoms with van der Waals surface area (Å²) in [5.41, 5.74) is -0.244. The number of fused-ring (bicyclic) bond motifs is 3. The molecule has 10 nitrogen and oxygen atoms in total. The summed E-state index contributed by atoms with van der Waals surface area (Å²) in [5.74, 6) is -0.0270. The molecule has 0 radical (unpaired) electrons. The highest BCUT2D eigenvalue weighted by Gasteiger charge is 2.49. The van der Waals surface area contributed by atoms with E-state index in [1.165, 1.54) is 4.52 Å². The molecule has 1 saturated heterocycles. The zero-order valence-electron chi connectivity index (χ0n) is 21.5. The number of rotatable bonds is 4.